The number of carbonyl (C=O) groups is 1. The molecule has 1 aromatic heterocycles. The van der Waals surface area contributed by atoms with E-state index < -0.39 is 0 Å². The molecule has 0 bridgehead atoms. The zero-order valence-electron chi connectivity index (χ0n) is 8.48. The largest absolute Gasteiger partial charge is 0.368 e. The van der Waals surface area contributed by atoms with Crippen molar-refractivity contribution in [3.63, 3.8) is 0 Å². The molecule has 1 unspecified atom stereocenters. The fourth-order valence-corrected chi connectivity index (χ4v) is 2.23. The van der Waals surface area contributed by atoms with Crippen molar-refractivity contribution in [2.24, 2.45) is 12.8 Å². The second kappa shape index (κ2) is 3.94. The van der Waals surface area contributed by atoms with E-state index in [4.69, 9.17) is 5.73 Å². The molecule has 5 nitrogen and oxygen atoms in total. The molecule has 0 spiro atoms. The van der Waals surface area contributed by atoms with Crippen LogP contribution in [0, 0.1) is 0 Å². The van der Waals surface area contributed by atoms with Gasteiger partial charge in [-0.3, -0.25) is 14.4 Å². The van der Waals surface area contributed by atoms with Gasteiger partial charge in [-0.05, 0) is 22.4 Å². The molecule has 1 aromatic rings. The van der Waals surface area contributed by atoms with Gasteiger partial charge < -0.3 is 5.73 Å². The summed E-state index contributed by atoms with van der Waals surface area (Å²) < 4.78 is 2.78. The quantitative estimate of drug-likeness (QED) is 0.858. The van der Waals surface area contributed by atoms with Crippen LogP contribution < -0.4 is 5.73 Å². The van der Waals surface area contributed by atoms with Crippen LogP contribution in [-0.4, -0.2) is 33.2 Å². The lowest BCUT2D eigenvalue weighted by Crippen LogP contribution is -2.54. The number of carbonyl (C=O) groups excluding carboxylic acids is 1. The lowest BCUT2D eigenvalue weighted by atomic mass is 10.0. The zero-order chi connectivity index (χ0) is 11.0. The Labute approximate surface area is 96.4 Å². The molecule has 82 valence electrons. The molecule has 2 N–H and O–H groups in total. The highest BCUT2D eigenvalue weighted by Gasteiger charge is 2.33. The smallest absolute Gasteiger partial charge is 0.234 e. The topological polar surface area (TPSA) is 64.2 Å². The highest BCUT2D eigenvalue weighted by Crippen LogP contribution is 2.23. The average molecular weight is 273 g/mol. The predicted octanol–water partition coefficient (Wildman–Crippen LogP) is 0.242. The normalized spacial score (nSPS) is 21.3. The number of rotatable bonds is 3. The van der Waals surface area contributed by atoms with Crippen LogP contribution >= 0.6 is 15.9 Å². The molecule has 2 rings (SSSR count). The predicted molar refractivity (Wildman–Crippen MR) is 58.9 cm³/mol. The minimum Gasteiger partial charge on any atom is -0.368 e. The van der Waals surface area contributed by atoms with Crippen LogP contribution in [0.2, 0.25) is 0 Å². The van der Waals surface area contributed by atoms with Gasteiger partial charge in [-0.25, -0.2) is 0 Å². The van der Waals surface area contributed by atoms with Crippen molar-refractivity contribution in [1.82, 2.24) is 14.7 Å². The lowest BCUT2D eigenvalue weighted by molar-refractivity contribution is -0.127. The molecule has 0 aliphatic carbocycles. The van der Waals surface area contributed by atoms with Crippen LogP contribution in [0.25, 0.3) is 0 Å². The van der Waals surface area contributed by atoms with Gasteiger partial charge in [0.2, 0.25) is 5.91 Å². The highest BCUT2D eigenvalue weighted by molar-refractivity contribution is 9.10. The van der Waals surface area contributed by atoms with Crippen molar-refractivity contribution in [1.29, 1.82) is 0 Å². The van der Waals surface area contributed by atoms with Crippen molar-refractivity contribution >= 4 is 21.8 Å². The number of nitrogens with zero attached hydrogens (tertiary/aromatic N) is 3. The number of amides is 1. The van der Waals surface area contributed by atoms with Crippen LogP contribution in [0.4, 0.5) is 0 Å². The van der Waals surface area contributed by atoms with Gasteiger partial charge in [-0.15, -0.1) is 0 Å². The number of primary amides is 1. The lowest BCUT2D eigenvalue weighted by Gasteiger charge is -2.38. The third kappa shape index (κ3) is 1.91. The highest BCUT2D eigenvalue weighted by atomic mass is 79.9. The van der Waals surface area contributed by atoms with Gasteiger partial charge in [0.15, 0.2) is 0 Å². The van der Waals surface area contributed by atoms with E-state index in [1.807, 2.05) is 7.05 Å². The fraction of sp³-hybridized carbons (Fsp3) is 0.556. The minimum atomic E-state index is -0.237. The molecule has 15 heavy (non-hydrogen) atoms. The van der Waals surface area contributed by atoms with Crippen LogP contribution in [0.1, 0.15) is 12.1 Å². The fourth-order valence-electron chi connectivity index (χ4n) is 1.76. The van der Waals surface area contributed by atoms with Crippen molar-refractivity contribution in [2.75, 3.05) is 6.54 Å². The van der Waals surface area contributed by atoms with Crippen molar-refractivity contribution < 1.29 is 4.79 Å². The number of halogens is 1. The van der Waals surface area contributed by atoms with Gasteiger partial charge >= 0.3 is 0 Å². The zero-order valence-corrected chi connectivity index (χ0v) is 10.1. The van der Waals surface area contributed by atoms with Gasteiger partial charge in [0.1, 0.15) is 0 Å². The number of aryl methyl sites for hydroxylation is 1. The first-order valence-corrected chi connectivity index (χ1v) is 5.58. The Bertz CT molecular complexity index is 370. The van der Waals surface area contributed by atoms with Gasteiger partial charge in [0, 0.05) is 20.1 Å². The molecule has 2 heterocycles. The monoisotopic (exact) mass is 272 g/mol. The molecule has 0 radical (unpaired) electrons. The SMILES string of the molecule is Cn1ncc(Br)c1CN1CCC1C(N)=O. The molecule has 1 aliphatic rings. The Balaban J connectivity index is 2.07. The maximum Gasteiger partial charge on any atom is 0.234 e. The molecule has 1 fully saturated rings. The van der Waals surface area contributed by atoms with E-state index in [1.54, 1.807) is 10.9 Å². The number of aromatic nitrogens is 2. The van der Waals surface area contributed by atoms with Gasteiger partial charge in [-0.2, -0.15) is 5.10 Å². The molecule has 6 heteroatoms. The van der Waals surface area contributed by atoms with Gasteiger partial charge in [0.25, 0.3) is 0 Å². The number of likely N-dealkylation sites (tertiary alicyclic amines) is 1. The Morgan fingerprint density at radius 2 is 2.53 bits per heavy atom. The maximum atomic E-state index is 11.0. The summed E-state index contributed by atoms with van der Waals surface area (Å²) in [6.45, 7) is 1.63. The van der Waals surface area contributed by atoms with Crippen LogP contribution in [0.5, 0.6) is 0 Å². The Morgan fingerprint density at radius 3 is 2.93 bits per heavy atom. The molecule has 1 amide bonds. The van der Waals surface area contributed by atoms with E-state index in [2.05, 4.69) is 25.9 Å². The Morgan fingerprint density at radius 1 is 1.80 bits per heavy atom. The molecule has 1 aliphatic heterocycles. The standard InChI is InChI=1S/C9H13BrN4O/c1-13-8(6(10)4-12-13)5-14-3-2-7(14)9(11)15/h4,7H,2-3,5H2,1H3,(H2,11,15). The second-order valence-corrected chi connectivity index (χ2v) is 4.59. The molecule has 1 atom stereocenters. The van der Waals surface area contributed by atoms with E-state index >= 15 is 0 Å². The summed E-state index contributed by atoms with van der Waals surface area (Å²) in [7, 11) is 1.89. The van der Waals surface area contributed by atoms with Crippen LogP contribution in [-0.2, 0) is 18.4 Å². The van der Waals surface area contributed by atoms with Gasteiger partial charge in [-0.1, -0.05) is 0 Å². The second-order valence-electron chi connectivity index (χ2n) is 3.74. The van der Waals surface area contributed by atoms with Crippen LogP contribution in [0.3, 0.4) is 0 Å². The minimum absolute atomic E-state index is 0.105. The van der Waals surface area contributed by atoms with E-state index in [9.17, 15) is 4.79 Å². The van der Waals surface area contributed by atoms with Crippen molar-refractivity contribution in [3.05, 3.63) is 16.4 Å². The summed E-state index contributed by atoms with van der Waals surface area (Å²) in [4.78, 5) is 13.1. The summed E-state index contributed by atoms with van der Waals surface area (Å²) in [5, 5.41) is 4.12. The molecule has 1 saturated heterocycles. The number of hydrogen-bond donors (Lipinski definition) is 1. The Hall–Kier alpha value is -0.880. The third-order valence-corrected chi connectivity index (χ3v) is 3.48. The first-order valence-electron chi connectivity index (χ1n) is 4.79. The Kier molecular flexibility index (Phi) is 2.79. The van der Waals surface area contributed by atoms with E-state index in [1.165, 1.54) is 0 Å². The van der Waals surface area contributed by atoms with E-state index in [-0.39, 0.29) is 11.9 Å². The molecular formula is C9H13BrN4O. The third-order valence-electron chi connectivity index (χ3n) is 2.82. The number of hydrogen-bond acceptors (Lipinski definition) is 3. The first kappa shape index (κ1) is 10.6. The van der Waals surface area contributed by atoms with Gasteiger partial charge in [0.05, 0.1) is 22.4 Å². The summed E-state index contributed by atoms with van der Waals surface area (Å²) in [6, 6.07) is -0.105. The average Bonchev–Trinajstić information content (AvgIpc) is 2.40. The molecule has 0 saturated carbocycles. The summed E-state index contributed by atoms with van der Waals surface area (Å²) in [6.07, 6.45) is 2.62. The summed E-state index contributed by atoms with van der Waals surface area (Å²) >= 11 is 3.43. The molecule has 0 aromatic carbocycles. The summed E-state index contributed by atoms with van der Waals surface area (Å²) in [5.41, 5.74) is 6.35. The van der Waals surface area contributed by atoms with E-state index in [0.717, 1.165) is 23.1 Å². The van der Waals surface area contributed by atoms with Crippen LogP contribution in [0.15, 0.2) is 10.7 Å². The molecular weight excluding hydrogens is 260 g/mol. The first-order chi connectivity index (χ1) is 7.09. The number of nitrogens with two attached hydrogens (primary N) is 1. The van der Waals surface area contributed by atoms with Crippen molar-refractivity contribution in [3.8, 4) is 0 Å². The van der Waals surface area contributed by atoms with Crippen molar-refractivity contribution in [2.45, 2.75) is 19.0 Å². The van der Waals surface area contributed by atoms with E-state index in [0.29, 0.717) is 6.54 Å². The summed E-state index contributed by atoms with van der Waals surface area (Å²) in [5.74, 6) is -0.237. The maximum absolute atomic E-state index is 11.0.